The number of aliphatic imine (C=N–C) groups is 1. The minimum atomic E-state index is -0.0754. The van der Waals surface area contributed by atoms with E-state index in [2.05, 4.69) is 10.1 Å². The largest absolute Gasteiger partial charge is 0.411 e. The second-order valence-electron chi connectivity index (χ2n) is 4.16. The van der Waals surface area contributed by atoms with Crippen LogP contribution in [-0.2, 0) is 0 Å². The summed E-state index contributed by atoms with van der Waals surface area (Å²) < 4.78 is 0. The topological polar surface area (TPSA) is 45.0 Å². The molecule has 1 N–H and O–H groups in total. The van der Waals surface area contributed by atoms with Crippen LogP contribution in [0.3, 0.4) is 0 Å². The molecule has 1 heterocycles. The SMILES string of the molecule is O/N=C/C1C(c2ccccc2)=Nc2ccccc21. The zero-order chi connectivity index (χ0) is 12.4. The molecule has 3 rings (SSSR count). The van der Waals surface area contributed by atoms with Crippen molar-refractivity contribution < 1.29 is 5.21 Å². The van der Waals surface area contributed by atoms with Gasteiger partial charge >= 0.3 is 0 Å². The van der Waals surface area contributed by atoms with Crippen molar-refractivity contribution in [2.24, 2.45) is 10.1 Å². The summed E-state index contributed by atoms with van der Waals surface area (Å²) in [4.78, 5) is 4.64. The highest BCUT2D eigenvalue weighted by atomic mass is 16.4. The molecule has 1 atom stereocenters. The van der Waals surface area contributed by atoms with E-state index in [9.17, 15) is 0 Å². The molecule has 3 heteroatoms. The van der Waals surface area contributed by atoms with Gasteiger partial charge < -0.3 is 5.21 Å². The highest BCUT2D eigenvalue weighted by Gasteiger charge is 2.26. The molecule has 2 aromatic carbocycles. The van der Waals surface area contributed by atoms with Gasteiger partial charge in [0, 0.05) is 0 Å². The lowest BCUT2D eigenvalue weighted by atomic mass is 9.93. The Kier molecular flexibility index (Phi) is 2.65. The third kappa shape index (κ3) is 1.70. The van der Waals surface area contributed by atoms with E-state index in [4.69, 9.17) is 5.21 Å². The first-order valence-corrected chi connectivity index (χ1v) is 5.80. The second kappa shape index (κ2) is 4.45. The molecule has 0 fully saturated rings. The molecule has 0 spiro atoms. The van der Waals surface area contributed by atoms with Crippen molar-refractivity contribution >= 4 is 17.6 Å². The lowest BCUT2D eigenvalue weighted by Gasteiger charge is -2.08. The van der Waals surface area contributed by atoms with Crippen LogP contribution in [0.4, 0.5) is 5.69 Å². The fourth-order valence-corrected chi connectivity index (χ4v) is 2.27. The number of rotatable bonds is 2. The monoisotopic (exact) mass is 236 g/mol. The van der Waals surface area contributed by atoms with E-state index < -0.39 is 0 Å². The zero-order valence-electron chi connectivity index (χ0n) is 9.69. The number of hydrogen-bond acceptors (Lipinski definition) is 3. The Balaban J connectivity index is 2.11. The highest BCUT2D eigenvalue weighted by Crippen LogP contribution is 2.36. The van der Waals surface area contributed by atoms with E-state index in [-0.39, 0.29) is 5.92 Å². The summed E-state index contributed by atoms with van der Waals surface area (Å²) in [7, 11) is 0. The van der Waals surface area contributed by atoms with E-state index in [0.717, 1.165) is 22.5 Å². The first-order chi connectivity index (χ1) is 8.90. The molecule has 1 unspecified atom stereocenters. The van der Waals surface area contributed by atoms with Crippen molar-refractivity contribution in [1.29, 1.82) is 0 Å². The number of hydrogen-bond donors (Lipinski definition) is 1. The molecule has 0 bridgehead atoms. The molecule has 0 aromatic heterocycles. The number of nitrogens with zero attached hydrogens (tertiary/aromatic N) is 2. The first-order valence-electron chi connectivity index (χ1n) is 5.80. The summed E-state index contributed by atoms with van der Waals surface area (Å²) in [5, 5.41) is 12.0. The minimum Gasteiger partial charge on any atom is -0.411 e. The molecule has 1 aliphatic rings. The Morgan fingerprint density at radius 2 is 1.72 bits per heavy atom. The molecule has 0 aliphatic carbocycles. The summed E-state index contributed by atoms with van der Waals surface area (Å²) in [6.45, 7) is 0. The minimum absolute atomic E-state index is 0.0754. The predicted molar refractivity (Wildman–Crippen MR) is 72.1 cm³/mol. The first kappa shape index (κ1) is 10.7. The summed E-state index contributed by atoms with van der Waals surface area (Å²) in [6, 6.07) is 17.9. The molecule has 3 nitrogen and oxygen atoms in total. The molecule has 0 amide bonds. The standard InChI is InChI=1S/C15H12N2O/c18-16-10-13-12-8-4-5-9-14(12)17-15(13)11-6-2-1-3-7-11/h1-10,13,18H/b16-10+. The molecular weight excluding hydrogens is 224 g/mol. The van der Waals surface area contributed by atoms with Gasteiger partial charge in [0.05, 0.1) is 23.5 Å². The van der Waals surface area contributed by atoms with E-state index in [0.29, 0.717) is 0 Å². The molecule has 1 aliphatic heterocycles. The number of fused-ring (bicyclic) bond motifs is 1. The van der Waals surface area contributed by atoms with Gasteiger partial charge in [-0.05, 0) is 17.2 Å². The van der Waals surface area contributed by atoms with E-state index in [1.54, 1.807) is 0 Å². The van der Waals surface area contributed by atoms with Crippen LogP contribution in [0.1, 0.15) is 17.0 Å². The normalized spacial score (nSPS) is 17.8. The van der Waals surface area contributed by atoms with Crippen LogP contribution in [0, 0.1) is 0 Å². The third-order valence-electron chi connectivity index (χ3n) is 3.09. The van der Waals surface area contributed by atoms with Gasteiger partial charge in [0.1, 0.15) is 0 Å². The summed E-state index contributed by atoms with van der Waals surface area (Å²) >= 11 is 0. The summed E-state index contributed by atoms with van der Waals surface area (Å²) in [5.74, 6) is -0.0754. The number of benzene rings is 2. The van der Waals surface area contributed by atoms with Crippen molar-refractivity contribution in [3.8, 4) is 0 Å². The molecule has 2 aromatic rings. The van der Waals surface area contributed by atoms with E-state index >= 15 is 0 Å². The Morgan fingerprint density at radius 3 is 2.50 bits per heavy atom. The smallest absolute Gasteiger partial charge is 0.0677 e. The van der Waals surface area contributed by atoms with Gasteiger partial charge in [-0.25, -0.2) is 0 Å². The molecule has 88 valence electrons. The Labute approximate surface area is 105 Å². The van der Waals surface area contributed by atoms with Crippen LogP contribution in [0.15, 0.2) is 64.7 Å². The van der Waals surface area contributed by atoms with Crippen LogP contribution >= 0.6 is 0 Å². The van der Waals surface area contributed by atoms with Crippen LogP contribution < -0.4 is 0 Å². The average molecular weight is 236 g/mol. The van der Waals surface area contributed by atoms with Crippen LogP contribution in [-0.4, -0.2) is 17.1 Å². The number of oxime groups is 1. The maximum atomic E-state index is 8.83. The van der Waals surface area contributed by atoms with Gasteiger partial charge in [-0.15, -0.1) is 5.16 Å². The van der Waals surface area contributed by atoms with Crippen molar-refractivity contribution in [3.05, 3.63) is 65.7 Å². The molecular formula is C15H12N2O. The molecule has 0 radical (unpaired) electrons. The number of para-hydroxylation sites is 1. The Bertz CT molecular complexity index is 617. The van der Waals surface area contributed by atoms with E-state index in [1.165, 1.54) is 6.21 Å². The van der Waals surface area contributed by atoms with Crippen molar-refractivity contribution in [2.45, 2.75) is 5.92 Å². The van der Waals surface area contributed by atoms with Crippen molar-refractivity contribution in [1.82, 2.24) is 0 Å². The lowest BCUT2D eigenvalue weighted by molar-refractivity contribution is 0.320. The molecule has 18 heavy (non-hydrogen) atoms. The fraction of sp³-hybridized carbons (Fsp3) is 0.0667. The quantitative estimate of drug-likeness (QED) is 0.485. The summed E-state index contributed by atoms with van der Waals surface area (Å²) in [5.41, 5.74) is 4.00. The van der Waals surface area contributed by atoms with Crippen molar-refractivity contribution in [2.75, 3.05) is 0 Å². The van der Waals surface area contributed by atoms with Gasteiger partial charge in [-0.1, -0.05) is 48.5 Å². The van der Waals surface area contributed by atoms with Crippen LogP contribution in [0.25, 0.3) is 0 Å². The van der Waals surface area contributed by atoms with Crippen LogP contribution in [0.5, 0.6) is 0 Å². The molecule has 0 saturated carbocycles. The maximum absolute atomic E-state index is 8.83. The van der Waals surface area contributed by atoms with Crippen molar-refractivity contribution in [3.63, 3.8) is 0 Å². The average Bonchev–Trinajstić information content (AvgIpc) is 2.80. The third-order valence-corrected chi connectivity index (χ3v) is 3.09. The van der Waals surface area contributed by atoms with Gasteiger partial charge in [-0.2, -0.15) is 0 Å². The van der Waals surface area contributed by atoms with Crippen LogP contribution in [0.2, 0.25) is 0 Å². The van der Waals surface area contributed by atoms with Gasteiger partial charge in [0.2, 0.25) is 0 Å². The van der Waals surface area contributed by atoms with E-state index in [1.807, 2.05) is 54.6 Å². The fourth-order valence-electron chi connectivity index (χ4n) is 2.27. The Hall–Kier alpha value is -2.42. The lowest BCUT2D eigenvalue weighted by Crippen LogP contribution is -2.11. The second-order valence-corrected chi connectivity index (χ2v) is 4.16. The van der Waals surface area contributed by atoms with Gasteiger partial charge in [0.15, 0.2) is 0 Å². The van der Waals surface area contributed by atoms with Gasteiger partial charge in [0.25, 0.3) is 0 Å². The summed E-state index contributed by atoms with van der Waals surface area (Å²) in [6.07, 6.45) is 1.53. The highest BCUT2D eigenvalue weighted by molar-refractivity contribution is 6.17. The van der Waals surface area contributed by atoms with Gasteiger partial charge in [-0.3, -0.25) is 4.99 Å². The maximum Gasteiger partial charge on any atom is 0.0677 e. The predicted octanol–water partition coefficient (Wildman–Crippen LogP) is 3.36. The zero-order valence-corrected chi connectivity index (χ0v) is 9.69. The Morgan fingerprint density at radius 1 is 1.00 bits per heavy atom. The molecule has 0 saturated heterocycles.